The van der Waals surface area contributed by atoms with E-state index in [1.807, 2.05) is 25.1 Å². The molecule has 0 aliphatic carbocycles. The third-order valence-corrected chi connectivity index (χ3v) is 4.59. The molecule has 108 valence electrons. The maximum absolute atomic E-state index is 5.97. The number of hydrogen-bond acceptors (Lipinski definition) is 4. The minimum atomic E-state index is -0.0558. The van der Waals surface area contributed by atoms with Crippen molar-refractivity contribution in [1.82, 2.24) is 4.98 Å². The van der Waals surface area contributed by atoms with Crippen LogP contribution in [-0.2, 0) is 6.61 Å². The van der Waals surface area contributed by atoms with Gasteiger partial charge < -0.3 is 10.5 Å². The number of benzene rings is 1. The molecule has 3 nitrogen and oxygen atoms in total. The fourth-order valence-electron chi connectivity index (χ4n) is 1.82. The summed E-state index contributed by atoms with van der Waals surface area (Å²) >= 11 is 5.14. The van der Waals surface area contributed by atoms with Crippen molar-refractivity contribution < 1.29 is 4.74 Å². The predicted octanol–water partition coefficient (Wildman–Crippen LogP) is 4.63. The minimum absolute atomic E-state index is 0.0558. The van der Waals surface area contributed by atoms with Crippen LogP contribution in [0.5, 0.6) is 5.75 Å². The molecule has 2 aromatic rings. The van der Waals surface area contributed by atoms with Gasteiger partial charge in [0, 0.05) is 27.4 Å². The summed E-state index contributed by atoms with van der Waals surface area (Å²) in [7, 11) is 0. The second kappa shape index (κ2) is 6.70. The SMILES string of the molecule is CC(C)c1nc(COc2cc(Br)ccc2C(C)N)cs1. The first-order valence-corrected chi connectivity index (χ1v) is 8.26. The Morgan fingerprint density at radius 3 is 2.70 bits per heavy atom. The Bertz CT molecular complexity index is 581. The normalized spacial score (nSPS) is 12.7. The molecule has 2 N–H and O–H groups in total. The first-order chi connectivity index (χ1) is 9.47. The van der Waals surface area contributed by atoms with E-state index >= 15 is 0 Å². The fourth-order valence-corrected chi connectivity index (χ4v) is 2.97. The highest BCUT2D eigenvalue weighted by Crippen LogP contribution is 2.28. The highest BCUT2D eigenvalue weighted by Gasteiger charge is 2.11. The van der Waals surface area contributed by atoms with Gasteiger partial charge in [-0.2, -0.15) is 0 Å². The quantitative estimate of drug-likeness (QED) is 0.851. The molecule has 0 saturated carbocycles. The maximum Gasteiger partial charge on any atom is 0.131 e. The lowest BCUT2D eigenvalue weighted by molar-refractivity contribution is 0.297. The summed E-state index contributed by atoms with van der Waals surface area (Å²) in [5.74, 6) is 1.27. The summed E-state index contributed by atoms with van der Waals surface area (Å²) < 4.78 is 6.88. The van der Waals surface area contributed by atoms with Crippen LogP contribution >= 0.6 is 27.3 Å². The van der Waals surface area contributed by atoms with Crippen LogP contribution in [0.1, 0.15) is 49.0 Å². The molecular formula is C15H19BrN2OS. The summed E-state index contributed by atoms with van der Waals surface area (Å²) in [6, 6.07) is 5.87. The van der Waals surface area contributed by atoms with Crippen molar-refractivity contribution in [1.29, 1.82) is 0 Å². The van der Waals surface area contributed by atoms with Crippen LogP contribution in [0.3, 0.4) is 0 Å². The van der Waals surface area contributed by atoms with Crippen molar-refractivity contribution >= 4 is 27.3 Å². The largest absolute Gasteiger partial charge is 0.487 e. The third-order valence-electron chi connectivity index (χ3n) is 2.91. The molecule has 0 aliphatic rings. The second-order valence-corrected chi connectivity index (χ2v) is 6.90. The zero-order valence-corrected chi connectivity index (χ0v) is 14.3. The van der Waals surface area contributed by atoms with Crippen molar-refractivity contribution in [2.45, 2.75) is 39.3 Å². The van der Waals surface area contributed by atoms with Gasteiger partial charge in [0.05, 0.1) is 10.7 Å². The molecule has 0 radical (unpaired) electrons. The molecule has 2 rings (SSSR count). The molecule has 1 aromatic carbocycles. The number of aromatic nitrogens is 1. The molecule has 1 unspecified atom stereocenters. The predicted molar refractivity (Wildman–Crippen MR) is 87.3 cm³/mol. The van der Waals surface area contributed by atoms with E-state index in [-0.39, 0.29) is 6.04 Å². The van der Waals surface area contributed by atoms with Crippen LogP contribution in [0.15, 0.2) is 28.1 Å². The van der Waals surface area contributed by atoms with Gasteiger partial charge in [0.2, 0.25) is 0 Å². The highest BCUT2D eigenvalue weighted by atomic mass is 79.9. The van der Waals surface area contributed by atoms with Gasteiger partial charge in [-0.3, -0.25) is 0 Å². The average Bonchev–Trinajstić information content (AvgIpc) is 2.85. The van der Waals surface area contributed by atoms with Crippen LogP contribution in [0.25, 0.3) is 0 Å². The Hall–Kier alpha value is -0.910. The first-order valence-electron chi connectivity index (χ1n) is 6.59. The molecule has 0 aliphatic heterocycles. The maximum atomic E-state index is 5.97. The molecule has 0 fully saturated rings. The lowest BCUT2D eigenvalue weighted by Gasteiger charge is -2.13. The van der Waals surface area contributed by atoms with Crippen molar-refractivity contribution in [3.8, 4) is 5.75 Å². The van der Waals surface area contributed by atoms with E-state index in [4.69, 9.17) is 10.5 Å². The van der Waals surface area contributed by atoms with Gasteiger partial charge in [-0.05, 0) is 19.1 Å². The topological polar surface area (TPSA) is 48.1 Å². The van der Waals surface area contributed by atoms with Gasteiger partial charge in [0.25, 0.3) is 0 Å². The Balaban J connectivity index is 2.11. The first kappa shape index (κ1) is 15.5. The number of halogens is 1. The van der Waals surface area contributed by atoms with Crippen molar-refractivity contribution in [2.24, 2.45) is 5.73 Å². The third kappa shape index (κ3) is 3.81. The summed E-state index contributed by atoms with van der Waals surface area (Å²) in [6.45, 7) is 6.72. The van der Waals surface area contributed by atoms with Gasteiger partial charge in [0.1, 0.15) is 12.4 Å². The van der Waals surface area contributed by atoms with Crippen molar-refractivity contribution in [2.75, 3.05) is 0 Å². The van der Waals surface area contributed by atoms with E-state index in [2.05, 4.69) is 40.1 Å². The Kier molecular flexibility index (Phi) is 5.18. The molecule has 20 heavy (non-hydrogen) atoms. The van der Waals surface area contributed by atoms with E-state index in [1.165, 1.54) is 0 Å². The molecular weight excluding hydrogens is 336 g/mol. The second-order valence-electron chi connectivity index (χ2n) is 5.09. The zero-order valence-electron chi connectivity index (χ0n) is 11.9. The molecule has 0 spiro atoms. The molecule has 0 bridgehead atoms. The summed E-state index contributed by atoms with van der Waals surface area (Å²) in [6.07, 6.45) is 0. The fraction of sp³-hybridized carbons (Fsp3) is 0.400. The number of nitrogens with two attached hydrogens (primary N) is 1. The van der Waals surface area contributed by atoms with E-state index in [0.29, 0.717) is 12.5 Å². The zero-order chi connectivity index (χ0) is 14.7. The number of thiazole rings is 1. The van der Waals surface area contributed by atoms with Crippen LogP contribution in [-0.4, -0.2) is 4.98 Å². The standard InChI is InChI=1S/C15H19BrN2OS/c1-9(2)15-18-12(8-20-15)7-19-14-6-11(16)4-5-13(14)10(3)17/h4-6,8-10H,7,17H2,1-3H3. The molecule has 0 saturated heterocycles. The molecule has 1 aromatic heterocycles. The Labute approximate surface area is 132 Å². The van der Waals surface area contributed by atoms with E-state index < -0.39 is 0 Å². The minimum Gasteiger partial charge on any atom is -0.487 e. The summed E-state index contributed by atoms with van der Waals surface area (Å²) in [5, 5.41) is 3.20. The van der Waals surface area contributed by atoms with E-state index in [0.717, 1.165) is 26.5 Å². The van der Waals surface area contributed by atoms with Crippen molar-refractivity contribution in [3.63, 3.8) is 0 Å². The van der Waals surface area contributed by atoms with Crippen LogP contribution in [0.4, 0.5) is 0 Å². The lowest BCUT2D eigenvalue weighted by atomic mass is 10.1. The van der Waals surface area contributed by atoms with E-state index in [1.54, 1.807) is 11.3 Å². The van der Waals surface area contributed by atoms with Gasteiger partial charge >= 0.3 is 0 Å². The van der Waals surface area contributed by atoms with Gasteiger partial charge in [0.15, 0.2) is 0 Å². The van der Waals surface area contributed by atoms with Crippen molar-refractivity contribution in [3.05, 3.63) is 44.3 Å². The molecule has 0 amide bonds. The molecule has 1 atom stereocenters. The monoisotopic (exact) mass is 354 g/mol. The molecule has 5 heteroatoms. The summed E-state index contributed by atoms with van der Waals surface area (Å²) in [5.41, 5.74) is 7.94. The summed E-state index contributed by atoms with van der Waals surface area (Å²) in [4.78, 5) is 4.57. The van der Waals surface area contributed by atoms with Crippen LogP contribution in [0.2, 0.25) is 0 Å². The van der Waals surface area contributed by atoms with Gasteiger partial charge in [-0.25, -0.2) is 4.98 Å². The number of nitrogens with zero attached hydrogens (tertiary/aromatic N) is 1. The lowest BCUT2D eigenvalue weighted by Crippen LogP contribution is -2.08. The Morgan fingerprint density at radius 1 is 1.35 bits per heavy atom. The number of hydrogen-bond donors (Lipinski definition) is 1. The van der Waals surface area contributed by atoms with Gasteiger partial charge in [-0.15, -0.1) is 11.3 Å². The smallest absolute Gasteiger partial charge is 0.131 e. The van der Waals surface area contributed by atoms with Crippen LogP contribution in [0, 0.1) is 0 Å². The number of rotatable bonds is 5. The van der Waals surface area contributed by atoms with Crippen LogP contribution < -0.4 is 10.5 Å². The average molecular weight is 355 g/mol. The highest BCUT2D eigenvalue weighted by molar-refractivity contribution is 9.10. The molecule has 1 heterocycles. The van der Waals surface area contributed by atoms with Gasteiger partial charge in [-0.1, -0.05) is 35.8 Å². The van der Waals surface area contributed by atoms with E-state index in [9.17, 15) is 0 Å². The number of ether oxygens (including phenoxy) is 1. The Morgan fingerprint density at radius 2 is 2.10 bits per heavy atom.